The average Bonchev–Trinajstić information content (AvgIpc) is 3.91. The van der Waals surface area contributed by atoms with E-state index in [-0.39, 0.29) is 30.8 Å². The van der Waals surface area contributed by atoms with Gasteiger partial charge in [-0.15, -0.1) is 0 Å². The van der Waals surface area contributed by atoms with Crippen LogP contribution in [-0.2, 0) is 24.4 Å². The van der Waals surface area contributed by atoms with Crippen LogP contribution in [0.1, 0.15) is 34.2 Å². The third-order valence-corrected chi connectivity index (χ3v) is 11.8. The Morgan fingerprint density at radius 1 is 0.523 bits per heavy atom. The van der Waals surface area contributed by atoms with Crippen molar-refractivity contribution < 1.29 is 32.9 Å². The van der Waals surface area contributed by atoms with Crippen molar-refractivity contribution in [3.8, 4) is 33.8 Å². The van der Waals surface area contributed by atoms with Gasteiger partial charge in [-0.1, -0.05) is 109 Å². The largest absolute Gasteiger partial charge is 0.496 e. The first-order valence-electron chi connectivity index (χ1n) is 21.4. The topological polar surface area (TPSA) is 74.8 Å². The number of carbonyl (C=O) groups excluding carboxylic acids is 1. The van der Waals surface area contributed by atoms with Crippen LogP contribution >= 0.6 is 0 Å². The molecule has 0 radical (unpaired) electrons. The number of esters is 1. The molecule has 0 aliphatic rings. The number of aliphatic hydroxyl groups excluding tert-OH is 1. The standard InChI is InChI=1S/C29H24FNO3.C27H22FNO2/c1-3-34-29(32)26-17-25-27(33-2)16-22-8-4-5-10-24(22)28(25)31(26)18-19-7-6-9-21(15-19)20-11-13-23(30)14-12-20;1-31-26-14-21-6-2-3-8-24(21)27-25(26)15-23(17-30)29(27)16-18-5-4-7-20(13-18)19-9-11-22(28)12-10-19/h4-17H,3,18H2,1-2H3;2-15,30H,16-17H2,1H3. The molecule has 1 N–H and O–H groups in total. The molecule has 0 atom stereocenters. The Labute approximate surface area is 375 Å². The predicted octanol–water partition coefficient (Wildman–Crippen LogP) is 13.0. The maximum Gasteiger partial charge on any atom is 0.354 e. The maximum absolute atomic E-state index is 13.4. The van der Waals surface area contributed by atoms with E-state index in [0.29, 0.717) is 24.5 Å². The van der Waals surface area contributed by atoms with Crippen molar-refractivity contribution in [2.75, 3.05) is 20.8 Å². The summed E-state index contributed by atoms with van der Waals surface area (Å²) in [6.07, 6.45) is 0. The molecule has 0 saturated carbocycles. The maximum atomic E-state index is 13.4. The summed E-state index contributed by atoms with van der Waals surface area (Å²) < 4.78 is 47.6. The Morgan fingerprint density at radius 2 is 1.00 bits per heavy atom. The van der Waals surface area contributed by atoms with Crippen molar-refractivity contribution in [3.63, 3.8) is 0 Å². The van der Waals surface area contributed by atoms with E-state index >= 15 is 0 Å². The van der Waals surface area contributed by atoms with E-state index in [1.54, 1.807) is 45.4 Å². The molecule has 0 unspecified atom stereocenters. The van der Waals surface area contributed by atoms with Crippen molar-refractivity contribution in [3.05, 3.63) is 204 Å². The summed E-state index contributed by atoms with van der Waals surface area (Å²) in [5, 5.41) is 16.2. The predicted molar refractivity (Wildman–Crippen MR) is 256 cm³/mol. The summed E-state index contributed by atoms with van der Waals surface area (Å²) in [5.74, 6) is 0.616. The number of halogens is 2. The second kappa shape index (κ2) is 18.5. The number of hydrogen-bond acceptors (Lipinski definition) is 5. The summed E-state index contributed by atoms with van der Waals surface area (Å²) >= 11 is 0. The number of ether oxygens (including phenoxy) is 3. The molecule has 9 heteroatoms. The summed E-state index contributed by atoms with van der Waals surface area (Å²) in [5.41, 5.74) is 9.29. The molecule has 65 heavy (non-hydrogen) atoms. The highest BCUT2D eigenvalue weighted by Gasteiger charge is 2.22. The Balaban J connectivity index is 0.000000165. The summed E-state index contributed by atoms with van der Waals surface area (Å²) in [6.45, 7) is 3.09. The quantitative estimate of drug-likeness (QED) is 0.131. The van der Waals surface area contributed by atoms with Crippen LogP contribution in [0.5, 0.6) is 11.5 Å². The molecule has 0 aliphatic carbocycles. The van der Waals surface area contributed by atoms with Gasteiger partial charge in [-0.05, 0) is 112 Å². The molecule has 10 aromatic rings. The van der Waals surface area contributed by atoms with Crippen LogP contribution in [0, 0.1) is 11.6 Å². The average molecular weight is 865 g/mol. The number of aliphatic hydroxyl groups is 1. The van der Waals surface area contributed by atoms with Crippen LogP contribution in [0.25, 0.3) is 65.6 Å². The third-order valence-electron chi connectivity index (χ3n) is 11.8. The second-order valence-corrected chi connectivity index (χ2v) is 15.8. The van der Waals surface area contributed by atoms with Gasteiger partial charge in [0.25, 0.3) is 0 Å². The van der Waals surface area contributed by atoms with Crippen LogP contribution in [0.2, 0.25) is 0 Å². The van der Waals surface area contributed by atoms with Crippen LogP contribution in [0.15, 0.2) is 170 Å². The molecule has 0 aliphatic heterocycles. The molecule has 0 saturated heterocycles. The SMILES string of the molecule is CCOC(=O)c1cc2c(OC)cc3ccccc3c2n1Cc1cccc(-c2ccc(F)cc2)c1.COc1cc2ccccc2c2c1cc(CO)n2Cc1cccc(-c2ccc(F)cc2)c1. The first kappa shape index (κ1) is 42.5. The van der Waals surface area contributed by atoms with Crippen LogP contribution in [0.4, 0.5) is 8.78 Å². The fourth-order valence-corrected chi connectivity index (χ4v) is 8.76. The number of benzene rings is 8. The minimum absolute atomic E-state index is 0.0657. The number of hydrogen-bond donors (Lipinski definition) is 1. The normalized spacial score (nSPS) is 11.2. The van der Waals surface area contributed by atoms with Gasteiger partial charge in [0.15, 0.2) is 0 Å². The minimum Gasteiger partial charge on any atom is -0.496 e. The fourth-order valence-electron chi connectivity index (χ4n) is 8.76. The van der Waals surface area contributed by atoms with Gasteiger partial charge in [-0.2, -0.15) is 0 Å². The number of nitrogens with zero attached hydrogens (tertiary/aromatic N) is 2. The summed E-state index contributed by atoms with van der Waals surface area (Å²) in [4.78, 5) is 13.0. The van der Waals surface area contributed by atoms with Gasteiger partial charge < -0.3 is 28.5 Å². The highest BCUT2D eigenvalue weighted by Crippen LogP contribution is 2.38. The van der Waals surface area contributed by atoms with E-state index in [1.165, 1.54) is 24.3 Å². The van der Waals surface area contributed by atoms with E-state index in [9.17, 15) is 18.7 Å². The molecule has 324 valence electrons. The monoisotopic (exact) mass is 864 g/mol. The highest BCUT2D eigenvalue weighted by molar-refractivity contribution is 6.12. The smallest absolute Gasteiger partial charge is 0.354 e. The van der Waals surface area contributed by atoms with E-state index in [0.717, 1.165) is 88.2 Å². The number of aromatic nitrogens is 2. The number of carbonyl (C=O) groups is 1. The minimum atomic E-state index is -0.375. The third kappa shape index (κ3) is 8.54. The van der Waals surface area contributed by atoms with Crippen molar-refractivity contribution in [1.29, 1.82) is 0 Å². The molecule has 8 aromatic carbocycles. The van der Waals surface area contributed by atoms with E-state index in [2.05, 4.69) is 41.0 Å². The van der Waals surface area contributed by atoms with E-state index in [1.807, 2.05) is 89.5 Å². The van der Waals surface area contributed by atoms with Crippen LogP contribution in [0.3, 0.4) is 0 Å². The number of rotatable bonds is 11. The Kier molecular flexibility index (Phi) is 12.1. The fraction of sp³-hybridized carbons (Fsp3) is 0.125. The lowest BCUT2D eigenvalue weighted by atomic mass is 10.0. The molecule has 7 nitrogen and oxygen atoms in total. The van der Waals surface area contributed by atoms with Crippen molar-refractivity contribution >= 4 is 49.3 Å². The molecule has 2 heterocycles. The molecule has 0 spiro atoms. The van der Waals surface area contributed by atoms with Crippen LogP contribution < -0.4 is 9.47 Å². The zero-order chi connectivity index (χ0) is 45.0. The van der Waals surface area contributed by atoms with Crippen molar-refractivity contribution in [2.24, 2.45) is 0 Å². The van der Waals surface area contributed by atoms with Gasteiger partial charge in [-0.3, -0.25) is 0 Å². The highest BCUT2D eigenvalue weighted by atomic mass is 19.1. The van der Waals surface area contributed by atoms with Gasteiger partial charge in [-0.25, -0.2) is 13.6 Å². The molecular weight excluding hydrogens is 819 g/mol. The zero-order valence-electron chi connectivity index (χ0n) is 36.2. The van der Waals surface area contributed by atoms with Crippen LogP contribution in [-0.4, -0.2) is 41.0 Å². The molecule has 0 amide bonds. The molecule has 2 aromatic heterocycles. The Bertz CT molecular complexity index is 3340. The number of methoxy groups -OCH3 is 2. The van der Waals surface area contributed by atoms with Crippen molar-refractivity contribution in [2.45, 2.75) is 26.6 Å². The Morgan fingerprint density at radius 3 is 1.49 bits per heavy atom. The van der Waals surface area contributed by atoms with Gasteiger partial charge in [0.05, 0.1) is 38.5 Å². The van der Waals surface area contributed by atoms with Gasteiger partial charge in [0.2, 0.25) is 0 Å². The Hall–Kier alpha value is -7.75. The van der Waals surface area contributed by atoms with Gasteiger partial charge in [0, 0.05) is 40.3 Å². The lowest BCUT2D eigenvalue weighted by Crippen LogP contribution is -2.13. The zero-order valence-corrected chi connectivity index (χ0v) is 36.2. The first-order valence-corrected chi connectivity index (χ1v) is 21.4. The lowest BCUT2D eigenvalue weighted by molar-refractivity contribution is 0.0515. The molecule has 0 fully saturated rings. The first-order chi connectivity index (χ1) is 31.8. The van der Waals surface area contributed by atoms with Crippen molar-refractivity contribution in [1.82, 2.24) is 9.13 Å². The van der Waals surface area contributed by atoms with E-state index in [4.69, 9.17) is 14.2 Å². The van der Waals surface area contributed by atoms with Gasteiger partial charge >= 0.3 is 5.97 Å². The molecular formula is C56H46F2N2O5. The summed E-state index contributed by atoms with van der Waals surface area (Å²) in [7, 11) is 3.31. The second-order valence-electron chi connectivity index (χ2n) is 15.8. The van der Waals surface area contributed by atoms with E-state index < -0.39 is 0 Å². The molecule has 0 bridgehead atoms. The van der Waals surface area contributed by atoms with Gasteiger partial charge in [0.1, 0.15) is 28.8 Å². The summed E-state index contributed by atoms with van der Waals surface area (Å²) in [6, 6.07) is 53.4. The number of fused-ring (bicyclic) bond motifs is 6. The molecule has 10 rings (SSSR count). The lowest BCUT2D eigenvalue weighted by Gasteiger charge is -2.14.